The molecule has 0 aromatic heterocycles. The van der Waals surface area contributed by atoms with Gasteiger partial charge in [0.2, 0.25) is 0 Å². The van der Waals surface area contributed by atoms with Crippen molar-refractivity contribution in [1.29, 1.82) is 0 Å². The third-order valence-corrected chi connectivity index (χ3v) is 4.22. The van der Waals surface area contributed by atoms with Crippen molar-refractivity contribution in [1.82, 2.24) is 4.90 Å². The van der Waals surface area contributed by atoms with E-state index in [2.05, 4.69) is 0 Å². The molecule has 2 rings (SSSR count). The minimum Gasteiger partial charge on any atom is -0.443 e. The fourth-order valence-electron chi connectivity index (χ4n) is 3.29. The molecule has 0 aromatic carbocycles. The molecule has 2 fully saturated rings. The van der Waals surface area contributed by atoms with Crippen molar-refractivity contribution in [2.75, 3.05) is 6.54 Å². The smallest absolute Gasteiger partial charge is 0.419 e. The fourth-order valence-corrected chi connectivity index (χ4v) is 3.29. The number of carbonyl (C=O) groups is 2. The summed E-state index contributed by atoms with van der Waals surface area (Å²) in [5, 5.41) is 9.61. The van der Waals surface area contributed by atoms with Gasteiger partial charge in [0.25, 0.3) is 0 Å². The van der Waals surface area contributed by atoms with Crippen LogP contribution >= 0.6 is 0 Å². The van der Waals surface area contributed by atoms with E-state index in [1.54, 1.807) is 41.5 Å². The maximum Gasteiger partial charge on any atom is 0.419 e. The number of imide groups is 1. The first kappa shape index (κ1) is 18.0. The van der Waals surface area contributed by atoms with Gasteiger partial charge in [0.15, 0.2) is 0 Å². The van der Waals surface area contributed by atoms with Gasteiger partial charge in [0.05, 0.1) is 6.10 Å². The third kappa shape index (κ3) is 4.83. The highest BCUT2D eigenvalue weighted by Crippen LogP contribution is 2.57. The number of nitrogens with zero attached hydrogens (tertiary/aromatic N) is 1. The number of hydrogen-bond acceptors (Lipinski definition) is 5. The predicted octanol–water partition coefficient (Wildman–Crippen LogP) is 3.18. The van der Waals surface area contributed by atoms with Crippen LogP contribution in [-0.2, 0) is 9.47 Å². The van der Waals surface area contributed by atoms with Gasteiger partial charge in [-0.25, -0.2) is 14.5 Å². The maximum absolute atomic E-state index is 12.4. The van der Waals surface area contributed by atoms with Crippen LogP contribution in [0.25, 0.3) is 0 Å². The number of aliphatic hydroxyl groups is 1. The number of hydrogen-bond donors (Lipinski definition) is 1. The Morgan fingerprint density at radius 2 is 1.35 bits per heavy atom. The Morgan fingerprint density at radius 3 is 1.70 bits per heavy atom. The van der Waals surface area contributed by atoms with Gasteiger partial charge in [-0.1, -0.05) is 0 Å². The van der Waals surface area contributed by atoms with Crippen LogP contribution in [0.4, 0.5) is 9.59 Å². The van der Waals surface area contributed by atoms with E-state index in [4.69, 9.17) is 9.47 Å². The molecule has 2 aliphatic rings. The summed E-state index contributed by atoms with van der Waals surface area (Å²) in [5.41, 5.74) is -1.35. The summed E-state index contributed by atoms with van der Waals surface area (Å²) >= 11 is 0. The second kappa shape index (κ2) is 5.96. The van der Waals surface area contributed by atoms with E-state index < -0.39 is 23.4 Å². The predicted molar refractivity (Wildman–Crippen MR) is 84.9 cm³/mol. The van der Waals surface area contributed by atoms with Gasteiger partial charge in [-0.2, -0.15) is 0 Å². The molecule has 2 aliphatic carbocycles. The van der Waals surface area contributed by atoms with E-state index in [9.17, 15) is 14.7 Å². The molecule has 1 unspecified atom stereocenters. The van der Waals surface area contributed by atoms with E-state index in [0.717, 1.165) is 17.7 Å². The lowest BCUT2D eigenvalue weighted by molar-refractivity contribution is -0.000293. The van der Waals surface area contributed by atoms with E-state index in [0.29, 0.717) is 18.4 Å². The molecule has 0 radical (unpaired) electrons. The summed E-state index contributed by atoms with van der Waals surface area (Å²) in [7, 11) is 0. The number of carbonyl (C=O) groups excluding carboxylic acids is 2. The van der Waals surface area contributed by atoms with E-state index in [1.165, 1.54) is 0 Å². The summed E-state index contributed by atoms with van der Waals surface area (Å²) in [6, 6.07) is 0. The first-order chi connectivity index (χ1) is 10.4. The lowest BCUT2D eigenvalue weighted by Crippen LogP contribution is -2.45. The molecule has 0 saturated heterocycles. The molecule has 132 valence electrons. The summed E-state index contributed by atoms with van der Waals surface area (Å²) in [5.74, 6) is 1.05. The molecule has 0 spiro atoms. The molecule has 2 amide bonds. The molecular formula is C17H29NO5. The van der Waals surface area contributed by atoms with Gasteiger partial charge in [-0.3, -0.25) is 0 Å². The Kier molecular flexibility index (Phi) is 4.68. The Hall–Kier alpha value is -1.30. The third-order valence-electron chi connectivity index (χ3n) is 4.22. The molecule has 2 saturated carbocycles. The number of rotatable bonds is 2. The zero-order chi connectivity index (χ0) is 17.6. The van der Waals surface area contributed by atoms with Gasteiger partial charge in [0.1, 0.15) is 11.2 Å². The van der Waals surface area contributed by atoms with Crippen LogP contribution in [0.5, 0.6) is 0 Å². The monoisotopic (exact) mass is 327 g/mol. The van der Waals surface area contributed by atoms with Gasteiger partial charge in [-0.15, -0.1) is 0 Å². The van der Waals surface area contributed by atoms with Crippen LogP contribution in [0, 0.1) is 17.8 Å². The van der Waals surface area contributed by atoms with Crippen molar-refractivity contribution in [3.8, 4) is 0 Å². The van der Waals surface area contributed by atoms with Crippen molar-refractivity contribution < 1.29 is 24.2 Å². The molecule has 6 heteroatoms. The van der Waals surface area contributed by atoms with Crippen LogP contribution < -0.4 is 0 Å². The van der Waals surface area contributed by atoms with Crippen LogP contribution in [0.1, 0.15) is 54.4 Å². The quantitative estimate of drug-likeness (QED) is 0.843. The van der Waals surface area contributed by atoms with Gasteiger partial charge < -0.3 is 14.6 Å². The molecule has 1 N–H and O–H groups in total. The Labute approximate surface area is 138 Å². The number of amides is 2. The van der Waals surface area contributed by atoms with Crippen LogP contribution in [0.3, 0.4) is 0 Å². The number of fused-ring (bicyclic) bond motifs is 1. The SMILES string of the molecule is CC(C)(C)OC(=O)N(C[C@H]1[C@@H]2CC(O)C[C@@H]21)C(=O)OC(C)(C)C. The summed E-state index contributed by atoms with van der Waals surface area (Å²) in [4.78, 5) is 25.8. The molecule has 0 aliphatic heterocycles. The van der Waals surface area contributed by atoms with Gasteiger partial charge in [-0.05, 0) is 72.1 Å². The highest BCUT2D eigenvalue weighted by molar-refractivity contribution is 5.88. The summed E-state index contributed by atoms with van der Waals surface area (Å²) < 4.78 is 10.7. The minimum absolute atomic E-state index is 0.238. The van der Waals surface area contributed by atoms with E-state index >= 15 is 0 Å². The number of aliphatic hydroxyl groups excluding tert-OH is 1. The topological polar surface area (TPSA) is 76.1 Å². The average molecular weight is 327 g/mol. The van der Waals surface area contributed by atoms with Crippen molar-refractivity contribution in [2.45, 2.75) is 71.7 Å². The molecule has 23 heavy (non-hydrogen) atoms. The van der Waals surface area contributed by atoms with Crippen LogP contribution in [0.2, 0.25) is 0 Å². The van der Waals surface area contributed by atoms with Gasteiger partial charge in [0, 0.05) is 6.54 Å². The first-order valence-corrected chi connectivity index (χ1v) is 8.29. The number of ether oxygens (including phenoxy) is 2. The highest BCUT2D eigenvalue weighted by atomic mass is 16.6. The average Bonchev–Trinajstić information content (AvgIpc) is 2.74. The van der Waals surface area contributed by atoms with E-state index in [1.807, 2.05) is 0 Å². The molecule has 6 nitrogen and oxygen atoms in total. The summed E-state index contributed by atoms with van der Waals surface area (Å²) in [6.45, 7) is 10.9. The lowest BCUT2D eigenvalue weighted by Gasteiger charge is -2.29. The van der Waals surface area contributed by atoms with Crippen LogP contribution in [-0.4, -0.2) is 46.0 Å². The summed E-state index contributed by atoms with van der Waals surface area (Å²) in [6.07, 6.45) is -0.0650. The first-order valence-electron chi connectivity index (χ1n) is 8.29. The zero-order valence-corrected chi connectivity index (χ0v) is 15.0. The fraction of sp³-hybridized carbons (Fsp3) is 0.882. The molecule has 4 atom stereocenters. The van der Waals surface area contributed by atoms with Gasteiger partial charge >= 0.3 is 12.2 Å². The zero-order valence-electron chi connectivity index (χ0n) is 15.0. The second-order valence-electron chi connectivity index (χ2n) is 8.69. The van der Waals surface area contributed by atoms with E-state index in [-0.39, 0.29) is 12.0 Å². The Bertz CT molecular complexity index is 436. The largest absolute Gasteiger partial charge is 0.443 e. The molecule has 0 bridgehead atoms. The maximum atomic E-state index is 12.4. The molecular weight excluding hydrogens is 298 g/mol. The van der Waals surface area contributed by atoms with Crippen molar-refractivity contribution in [3.63, 3.8) is 0 Å². The van der Waals surface area contributed by atoms with Crippen LogP contribution in [0.15, 0.2) is 0 Å². The lowest BCUT2D eigenvalue weighted by atomic mass is 10.1. The Morgan fingerprint density at radius 1 is 0.957 bits per heavy atom. The highest BCUT2D eigenvalue weighted by Gasteiger charge is 2.57. The Balaban J connectivity index is 2.03. The van der Waals surface area contributed by atoms with Crippen molar-refractivity contribution in [2.24, 2.45) is 17.8 Å². The minimum atomic E-state index is -0.674. The van der Waals surface area contributed by atoms with Crippen molar-refractivity contribution >= 4 is 12.2 Å². The standard InChI is InChI=1S/C17H29NO5/c1-16(2,3)22-14(20)18(15(21)23-17(4,5)6)9-13-11-7-10(19)8-12(11)13/h10-13,19H,7-9H2,1-6H3/t10?,11-,12+,13+. The second-order valence-corrected chi connectivity index (χ2v) is 8.69. The molecule has 0 aromatic rings. The molecule has 0 heterocycles. The van der Waals surface area contributed by atoms with Crippen molar-refractivity contribution in [3.05, 3.63) is 0 Å². The normalized spacial score (nSPS) is 29.7.